The number of terminal acetylenes is 1. The van der Waals surface area contributed by atoms with Crippen LogP contribution in [0.1, 0.15) is 10.6 Å². The number of thiazole rings is 1. The first-order chi connectivity index (χ1) is 5.16. The van der Waals surface area contributed by atoms with Crippen molar-refractivity contribution in [3.05, 3.63) is 27.2 Å². The van der Waals surface area contributed by atoms with Gasteiger partial charge in [-0.15, -0.1) is 6.42 Å². The van der Waals surface area contributed by atoms with Gasteiger partial charge in [0.15, 0.2) is 0 Å². The second-order valence-electron chi connectivity index (χ2n) is 2.17. The van der Waals surface area contributed by atoms with E-state index in [0.717, 1.165) is 21.9 Å². The van der Waals surface area contributed by atoms with E-state index in [4.69, 9.17) is 6.42 Å². The maximum absolute atomic E-state index is 11.1. The first-order valence-electron chi connectivity index (χ1n) is 3.12. The lowest BCUT2D eigenvalue weighted by Crippen LogP contribution is -2.13. The molecule has 0 N–H and O–H groups in total. The van der Waals surface area contributed by atoms with E-state index in [1.54, 1.807) is 4.57 Å². The molecule has 0 atom stereocenters. The van der Waals surface area contributed by atoms with Crippen LogP contribution in [0.15, 0.2) is 4.79 Å². The fraction of sp³-hybridized carbons (Fsp3) is 0.250. The number of hydrogen-bond acceptors (Lipinski definition) is 2. The van der Waals surface area contributed by atoms with Crippen LogP contribution in [0.25, 0.3) is 0 Å². The van der Waals surface area contributed by atoms with Crippen molar-refractivity contribution in [3.63, 3.8) is 0 Å². The van der Waals surface area contributed by atoms with Crippen molar-refractivity contribution in [2.45, 2.75) is 13.5 Å². The summed E-state index contributed by atoms with van der Waals surface area (Å²) in [7, 11) is 0. The van der Waals surface area contributed by atoms with Gasteiger partial charge < -0.3 is 0 Å². The molecule has 1 aromatic heterocycles. The molecule has 0 aliphatic heterocycles. The van der Waals surface area contributed by atoms with Crippen LogP contribution >= 0.6 is 11.3 Å². The fourth-order valence-corrected chi connectivity index (χ4v) is 1.58. The van der Waals surface area contributed by atoms with E-state index in [2.05, 4.69) is 12.8 Å². The third-order valence-electron chi connectivity index (χ3n) is 1.49. The molecule has 1 rings (SSSR count). The standard InChI is InChI=1S/C8H8NOS/c1-4-5-9-6(2)7(3)11-8(9)10/h1H,3,5H2,2H3. The maximum Gasteiger partial charge on any atom is 0.308 e. The van der Waals surface area contributed by atoms with Crippen molar-refractivity contribution in [1.29, 1.82) is 0 Å². The summed E-state index contributed by atoms with van der Waals surface area (Å²) < 4.78 is 1.55. The fourth-order valence-electron chi connectivity index (χ4n) is 0.796. The number of hydrogen-bond donors (Lipinski definition) is 0. The third kappa shape index (κ3) is 1.36. The molecule has 1 radical (unpaired) electrons. The summed E-state index contributed by atoms with van der Waals surface area (Å²) in [4.78, 5) is 11.9. The molecule has 1 heterocycles. The SMILES string of the molecule is C#CCn1c(C)c([CH2])sc1=O. The van der Waals surface area contributed by atoms with E-state index in [1.807, 2.05) is 6.92 Å². The quantitative estimate of drug-likeness (QED) is 0.571. The van der Waals surface area contributed by atoms with Crippen LogP contribution in [-0.4, -0.2) is 4.57 Å². The Morgan fingerprint density at radius 1 is 1.82 bits per heavy atom. The molecular formula is C8H8NOS. The van der Waals surface area contributed by atoms with Crippen molar-refractivity contribution in [1.82, 2.24) is 4.57 Å². The smallest absolute Gasteiger partial charge is 0.291 e. The minimum Gasteiger partial charge on any atom is -0.291 e. The highest BCUT2D eigenvalue weighted by Gasteiger charge is 2.04. The average molecular weight is 166 g/mol. The molecular weight excluding hydrogens is 158 g/mol. The van der Waals surface area contributed by atoms with Gasteiger partial charge in [0, 0.05) is 10.6 Å². The molecule has 2 nitrogen and oxygen atoms in total. The minimum absolute atomic E-state index is 0.0227. The molecule has 11 heavy (non-hydrogen) atoms. The summed E-state index contributed by atoms with van der Waals surface area (Å²) in [5.74, 6) is 2.42. The Kier molecular flexibility index (Phi) is 2.16. The largest absolute Gasteiger partial charge is 0.308 e. The number of rotatable bonds is 1. The molecule has 0 bridgehead atoms. The molecule has 0 unspecified atom stereocenters. The zero-order valence-corrected chi connectivity index (χ0v) is 7.07. The topological polar surface area (TPSA) is 22.0 Å². The summed E-state index contributed by atoms with van der Waals surface area (Å²) >= 11 is 1.14. The van der Waals surface area contributed by atoms with Crippen molar-refractivity contribution in [2.75, 3.05) is 0 Å². The van der Waals surface area contributed by atoms with E-state index in [-0.39, 0.29) is 4.87 Å². The Bertz CT molecular complexity index is 353. The lowest BCUT2D eigenvalue weighted by Gasteiger charge is -1.96. The van der Waals surface area contributed by atoms with Crippen molar-refractivity contribution in [2.24, 2.45) is 0 Å². The van der Waals surface area contributed by atoms with Crippen LogP contribution in [-0.2, 0) is 6.54 Å². The molecule has 0 spiro atoms. The van der Waals surface area contributed by atoms with Crippen LogP contribution in [0.4, 0.5) is 0 Å². The zero-order chi connectivity index (χ0) is 8.43. The molecule has 0 aliphatic carbocycles. The molecule has 3 heteroatoms. The van der Waals surface area contributed by atoms with Crippen LogP contribution in [0.2, 0.25) is 0 Å². The molecule has 0 fully saturated rings. The molecule has 0 aromatic carbocycles. The lowest BCUT2D eigenvalue weighted by atomic mass is 10.4. The first kappa shape index (κ1) is 8.09. The van der Waals surface area contributed by atoms with Gasteiger partial charge in [-0.3, -0.25) is 9.36 Å². The van der Waals surface area contributed by atoms with Crippen molar-refractivity contribution < 1.29 is 0 Å². The van der Waals surface area contributed by atoms with E-state index < -0.39 is 0 Å². The van der Waals surface area contributed by atoms with Crippen LogP contribution < -0.4 is 4.87 Å². The molecule has 57 valence electrons. The van der Waals surface area contributed by atoms with E-state index in [0.29, 0.717) is 6.54 Å². The number of nitrogens with zero attached hydrogens (tertiary/aromatic N) is 1. The van der Waals surface area contributed by atoms with Gasteiger partial charge in [0.05, 0.1) is 6.54 Å². The van der Waals surface area contributed by atoms with Gasteiger partial charge in [-0.05, 0) is 13.8 Å². The predicted molar refractivity (Wildman–Crippen MR) is 46.6 cm³/mol. The second-order valence-corrected chi connectivity index (χ2v) is 3.21. The van der Waals surface area contributed by atoms with Gasteiger partial charge in [-0.2, -0.15) is 0 Å². The van der Waals surface area contributed by atoms with Gasteiger partial charge in [0.1, 0.15) is 0 Å². The Hall–Kier alpha value is -1.01. The predicted octanol–water partition coefficient (Wildman–Crippen LogP) is 1.03. The first-order valence-corrected chi connectivity index (χ1v) is 3.94. The van der Waals surface area contributed by atoms with E-state index >= 15 is 0 Å². The summed E-state index contributed by atoms with van der Waals surface area (Å²) in [5.41, 5.74) is 0.873. The monoisotopic (exact) mass is 166 g/mol. The molecule has 0 aliphatic rings. The second kappa shape index (κ2) is 2.93. The van der Waals surface area contributed by atoms with Gasteiger partial charge >= 0.3 is 4.87 Å². The van der Waals surface area contributed by atoms with Gasteiger partial charge in [0.2, 0.25) is 0 Å². The molecule has 0 saturated heterocycles. The van der Waals surface area contributed by atoms with E-state index in [9.17, 15) is 4.79 Å². The van der Waals surface area contributed by atoms with Crippen molar-refractivity contribution >= 4 is 11.3 Å². The highest BCUT2D eigenvalue weighted by molar-refractivity contribution is 7.09. The van der Waals surface area contributed by atoms with Crippen LogP contribution in [0, 0.1) is 26.2 Å². The maximum atomic E-state index is 11.1. The highest BCUT2D eigenvalue weighted by Crippen LogP contribution is 2.08. The Balaban J connectivity index is 3.25. The van der Waals surface area contributed by atoms with Gasteiger partial charge in [-0.1, -0.05) is 17.3 Å². The zero-order valence-electron chi connectivity index (χ0n) is 6.26. The molecule has 1 aromatic rings. The van der Waals surface area contributed by atoms with Gasteiger partial charge in [0.25, 0.3) is 0 Å². The molecule has 0 amide bonds. The summed E-state index contributed by atoms with van der Waals surface area (Å²) in [6, 6.07) is 0. The summed E-state index contributed by atoms with van der Waals surface area (Å²) in [6.07, 6.45) is 5.08. The lowest BCUT2D eigenvalue weighted by molar-refractivity contribution is 0.789. The molecule has 0 saturated carbocycles. The van der Waals surface area contributed by atoms with Crippen LogP contribution in [0.5, 0.6) is 0 Å². The Morgan fingerprint density at radius 2 is 2.45 bits per heavy atom. The van der Waals surface area contributed by atoms with Crippen LogP contribution in [0.3, 0.4) is 0 Å². The minimum atomic E-state index is -0.0227. The third-order valence-corrected chi connectivity index (χ3v) is 2.43. The highest BCUT2D eigenvalue weighted by atomic mass is 32.1. The Morgan fingerprint density at radius 3 is 2.82 bits per heavy atom. The van der Waals surface area contributed by atoms with Crippen molar-refractivity contribution in [3.8, 4) is 12.3 Å². The number of aromatic nitrogens is 1. The van der Waals surface area contributed by atoms with E-state index in [1.165, 1.54) is 0 Å². The summed E-state index contributed by atoms with van der Waals surface area (Å²) in [5, 5.41) is 0. The van der Waals surface area contributed by atoms with Gasteiger partial charge in [-0.25, -0.2) is 0 Å². The summed E-state index contributed by atoms with van der Waals surface area (Å²) in [6.45, 7) is 5.90. The average Bonchev–Trinajstić information content (AvgIpc) is 2.17. The normalized spacial score (nSPS) is 9.55. The Labute approximate surface area is 69.5 Å².